The molecule has 8 nitrogen and oxygen atoms in total. The molecule has 0 fully saturated rings. The third-order valence-corrected chi connectivity index (χ3v) is 6.21. The Morgan fingerprint density at radius 2 is 1.76 bits per heavy atom. The number of nitrogens with zero attached hydrogens (tertiary/aromatic N) is 2. The molecule has 2 atom stereocenters. The molecule has 1 aliphatic rings. The Bertz CT molecular complexity index is 1190. The molecule has 172 valence electrons. The van der Waals surface area contributed by atoms with E-state index in [1.54, 1.807) is 6.92 Å². The predicted molar refractivity (Wildman–Crippen MR) is 127 cm³/mol. The highest BCUT2D eigenvalue weighted by Gasteiger charge is 2.39. The van der Waals surface area contributed by atoms with Crippen LogP contribution >= 0.6 is 0 Å². The summed E-state index contributed by atoms with van der Waals surface area (Å²) >= 11 is 0. The average molecular weight is 448 g/mol. The van der Waals surface area contributed by atoms with Gasteiger partial charge >= 0.3 is 6.03 Å². The van der Waals surface area contributed by atoms with Crippen molar-refractivity contribution in [3.8, 4) is 5.69 Å². The summed E-state index contributed by atoms with van der Waals surface area (Å²) in [5.41, 5.74) is 3.27. The second kappa shape index (κ2) is 8.71. The van der Waals surface area contributed by atoms with E-state index in [2.05, 4.69) is 34.9 Å². The van der Waals surface area contributed by atoms with Gasteiger partial charge in [-0.15, -0.1) is 0 Å². The fraction of sp³-hybridized carbons (Fsp3) is 0.320. The summed E-state index contributed by atoms with van der Waals surface area (Å²) in [7, 11) is 1.53. The number of hydrogen-bond donors (Lipinski definition) is 4. The van der Waals surface area contributed by atoms with Crippen molar-refractivity contribution in [3.63, 3.8) is 0 Å². The minimum atomic E-state index is -0.734. The number of aromatic nitrogens is 2. The molecule has 2 aromatic carbocycles. The lowest BCUT2D eigenvalue weighted by Crippen LogP contribution is -2.45. The molecule has 0 radical (unpaired) electrons. The number of carbonyl (C=O) groups excluding carboxylic acids is 2. The Morgan fingerprint density at radius 3 is 2.45 bits per heavy atom. The molecular formula is C25H29N5O3. The maximum absolute atomic E-state index is 13.1. The molecule has 33 heavy (non-hydrogen) atoms. The molecule has 1 aromatic heterocycles. The third-order valence-electron chi connectivity index (χ3n) is 6.21. The van der Waals surface area contributed by atoms with E-state index in [9.17, 15) is 14.7 Å². The summed E-state index contributed by atoms with van der Waals surface area (Å²) in [5, 5.41) is 23.6. The van der Waals surface area contributed by atoms with Gasteiger partial charge in [-0.25, -0.2) is 9.48 Å². The minimum Gasteiger partial charge on any atom is -0.391 e. The Balaban J connectivity index is 1.65. The van der Waals surface area contributed by atoms with Crippen molar-refractivity contribution in [3.05, 3.63) is 77.0 Å². The molecule has 1 aliphatic carbocycles. The van der Waals surface area contributed by atoms with E-state index >= 15 is 0 Å². The van der Waals surface area contributed by atoms with Crippen LogP contribution in [0.5, 0.6) is 0 Å². The van der Waals surface area contributed by atoms with E-state index in [1.807, 2.05) is 54.6 Å². The molecule has 3 aromatic rings. The number of aliphatic hydroxyl groups is 1. The lowest BCUT2D eigenvalue weighted by Gasteiger charge is -2.40. The van der Waals surface area contributed by atoms with Crippen LogP contribution in [0.1, 0.15) is 53.5 Å². The van der Waals surface area contributed by atoms with Crippen molar-refractivity contribution in [2.24, 2.45) is 0 Å². The van der Waals surface area contributed by atoms with Gasteiger partial charge in [-0.05, 0) is 42.0 Å². The lowest BCUT2D eigenvalue weighted by atomic mass is 9.70. The number of para-hydroxylation sites is 1. The molecule has 0 saturated heterocycles. The van der Waals surface area contributed by atoms with Crippen LogP contribution < -0.4 is 16.0 Å². The number of urea groups is 1. The van der Waals surface area contributed by atoms with Gasteiger partial charge in [-0.2, -0.15) is 5.10 Å². The Labute approximate surface area is 193 Å². The van der Waals surface area contributed by atoms with Gasteiger partial charge in [-0.3, -0.25) is 10.1 Å². The Hall–Kier alpha value is -3.65. The number of hydrogen-bond acceptors (Lipinski definition) is 4. The van der Waals surface area contributed by atoms with Gasteiger partial charge in [0.1, 0.15) is 5.82 Å². The highest BCUT2D eigenvalue weighted by molar-refractivity contribution is 5.97. The number of rotatable bonds is 4. The maximum Gasteiger partial charge on any atom is 0.320 e. The van der Waals surface area contributed by atoms with Crippen LogP contribution in [0.15, 0.2) is 54.6 Å². The number of fused-ring (bicyclic) bond motifs is 1. The van der Waals surface area contributed by atoms with Crippen LogP contribution in [0.2, 0.25) is 0 Å². The predicted octanol–water partition coefficient (Wildman–Crippen LogP) is 3.45. The Morgan fingerprint density at radius 1 is 1.09 bits per heavy atom. The Kier molecular flexibility index (Phi) is 5.95. The second-order valence-electron chi connectivity index (χ2n) is 8.97. The van der Waals surface area contributed by atoms with Crippen LogP contribution in [0, 0.1) is 6.92 Å². The van der Waals surface area contributed by atoms with E-state index < -0.39 is 18.2 Å². The van der Waals surface area contributed by atoms with E-state index in [-0.39, 0.29) is 17.0 Å². The van der Waals surface area contributed by atoms with Crippen molar-refractivity contribution in [1.29, 1.82) is 0 Å². The van der Waals surface area contributed by atoms with Gasteiger partial charge in [0, 0.05) is 12.6 Å². The van der Waals surface area contributed by atoms with Crippen molar-refractivity contribution >= 4 is 17.8 Å². The van der Waals surface area contributed by atoms with Gasteiger partial charge in [0.2, 0.25) is 0 Å². The molecule has 0 bridgehead atoms. The summed E-state index contributed by atoms with van der Waals surface area (Å²) in [6, 6.07) is 16.1. The second-order valence-corrected chi connectivity index (χ2v) is 8.97. The maximum atomic E-state index is 13.1. The van der Waals surface area contributed by atoms with Gasteiger partial charge in [0.05, 0.1) is 17.8 Å². The first-order valence-corrected chi connectivity index (χ1v) is 10.9. The topological polar surface area (TPSA) is 108 Å². The van der Waals surface area contributed by atoms with Crippen LogP contribution in [0.25, 0.3) is 5.69 Å². The lowest BCUT2D eigenvalue weighted by molar-refractivity contribution is 0.0883. The quantitative estimate of drug-likeness (QED) is 0.491. The third kappa shape index (κ3) is 4.21. The fourth-order valence-electron chi connectivity index (χ4n) is 4.53. The highest BCUT2D eigenvalue weighted by Crippen LogP contribution is 2.41. The summed E-state index contributed by atoms with van der Waals surface area (Å²) < 4.78 is 1.54. The zero-order valence-electron chi connectivity index (χ0n) is 19.2. The summed E-state index contributed by atoms with van der Waals surface area (Å²) in [4.78, 5) is 25.4. The number of nitrogens with one attached hydrogen (secondary N) is 3. The normalized spacial score (nSPS) is 18.8. The molecule has 0 saturated carbocycles. The number of amides is 3. The first-order chi connectivity index (χ1) is 15.7. The molecular weight excluding hydrogens is 418 g/mol. The molecule has 1 heterocycles. The van der Waals surface area contributed by atoms with E-state index in [4.69, 9.17) is 0 Å². The first kappa shape index (κ1) is 22.5. The standard InChI is InChI=1S/C25H29N5O3/c1-15-20(23(32)26-4)29-30(16-10-6-5-7-11-16)22(15)28-24(33)27-21-17-12-8-9-13-18(17)25(2,3)14-19(21)31/h5-13,19,21,31H,14H2,1-4H3,(H,26,32)(H2,27,28,33). The van der Waals surface area contributed by atoms with E-state index in [1.165, 1.54) is 11.7 Å². The van der Waals surface area contributed by atoms with Gasteiger partial charge in [0.15, 0.2) is 5.69 Å². The van der Waals surface area contributed by atoms with Crippen LogP contribution in [0.3, 0.4) is 0 Å². The number of anilines is 1. The highest BCUT2D eigenvalue weighted by atomic mass is 16.3. The molecule has 0 aliphatic heterocycles. The zero-order valence-corrected chi connectivity index (χ0v) is 19.2. The SMILES string of the molecule is CNC(=O)c1nn(-c2ccccc2)c(NC(=O)NC2c3ccccc3C(C)(C)CC2O)c1C. The number of carbonyl (C=O) groups is 2. The van der Waals surface area contributed by atoms with Gasteiger partial charge in [0.25, 0.3) is 5.91 Å². The fourth-order valence-corrected chi connectivity index (χ4v) is 4.53. The summed E-state index contributed by atoms with van der Waals surface area (Å²) in [6.07, 6.45) is -0.210. The number of aliphatic hydroxyl groups excluding tert-OH is 1. The van der Waals surface area contributed by atoms with Crippen molar-refractivity contribution in [2.75, 3.05) is 12.4 Å². The molecule has 0 spiro atoms. The van der Waals surface area contributed by atoms with E-state index in [0.717, 1.165) is 11.1 Å². The number of benzene rings is 2. The smallest absolute Gasteiger partial charge is 0.320 e. The zero-order chi connectivity index (χ0) is 23.8. The van der Waals surface area contributed by atoms with Gasteiger partial charge < -0.3 is 15.7 Å². The summed E-state index contributed by atoms with van der Waals surface area (Å²) in [5.74, 6) is 0.0423. The summed E-state index contributed by atoms with van der Waals surface area (Å²) in [6.45, 7) is 5.92. The monoisotopic (exact) mass is 447 g/mol. The first-order valence-electron chi connectivity index (χ1n) is 10.9. The molecule has 3 amide bonds. The van der Waals surface area contributed by atoms with Crippen molar-refractivity contribution in [1.82, 2.24) is 20.4 Å². The average Bonchev–Trinajstić information content (AvgIpc) is 3.12. The largest absolute Gasteiger partial charge is 0.391 e. The van der Waals surface area contributed by atoms with Crippen LogP contribution in [-0.4, -0.2) is 40.0 Å². The molecule has 4 rings (SSSR count). The minimum absolute atomic E-state index is 0.199. The van der Waals surface area contributed by atoms with Crippen molar-refractivity contribution in [2.45, 2.75) is 44.8 Å². The van der Waals surface area contributed by atoms with Crippen LogP contribution in [-0.2, 0) is 5.41 Å². The molecule has 4 N–H and O–H groups in total. The van der Waals surface area contributed by atoms with Crippen molar-refractivity contribution < 1.29 is 14.7 Å². The van der Waals surface area contributed by atoms with E-state index in [0.29, 0.717) is 23.5 Å². The molecule has 2 unspecified atom stereocenters. The van der Waals surface area contributed by atoms with Crippen LogP contribution in [0.4, 0.5) is 10.6 Å². The van der Waals surface area contributed by atoms with Gasteiger partial charge in [-0.1, -0.05) is 56.3 Å². The molecule has 8 heteroatoms.